The second-order valence-corrected chi connectivity index (χ2v) is 9.89. The Morgan fingerprint density at radius 1 is 1.03 bits per heavy atom. The van der Waals surface area contributed by atoms with Crippen LogP contribution in [0.4, 0.5) is 0 Å². The summed E-state index contributed by atoms with van der Waals surface area (Å²) in [5, 5.41) is 0. The van der Waals surface area contributed by atoms with Crippen molar-refractivity contribution in [3.05, 3.63) is 29.6 Å². The molecular formula is C24H36N4O2. The Balaban J connectivity index is 1.26. The highest BCUT2D eigenvalue weighted by molar-refractivity contribution is 5.94. The van der Waals surface area contributed by atoms with E-state index in [0.717, 1.165) is 82.6 Å². The van der Waals surface area contributed by atoms with Crippen LogP contribution in [-0.4, -0.2) is 76.8 Å². The minimum Gasteiger partial charge on any atom is -0.341 e. The van der Waals surface area contributed by atoms with Gasteiger partial charge in [-0.2, -0.15) is 0 Å². The van der Waals surface area contributed by atoms with E-state index in [1.54, 1.807) is 12.3 Å². The lowest BCUT2D eigenvalue weighted by Crippen LogP contribution is -2.53. The number of nitrogens with zero attached hydrogens (tertiary/aromatic N) is 4. The zero-order valence-corrected chi connectivity index (χ0v) is 18.8. The fraction of sp³-hybridized carbons (Fsp3) is 0.708. The van der Waals surface area contributed by atoms with Gasteiger partial charge in [-0.1, -0.05) is 0 Å². The van der Waals surface area contributed by atoms with Gasteiger partial charge in [-0.3, -0.25) is 19.5 Å². The van der Waals surface area contributed by atoms with Crippen LogP contribution in [0.3, 0.4) is 0 Å². The van der Waals surface area contributed by atoms with Crippen LogP contribution in [0.25, 0.3) is 0 Å². The van der Waals surface area contributed by atoms with Gasteiger partial charge in [0.25, 0.3) is 5.91 Å². The standard InChI is InChI=1S/C24H36N4O2/c1-18(2)26-9-4-10-27(14-13-26)23(30)21-16-24(17-21)6-11-28(12-7-24)22(29)20-5-8-25-19(3)15-20/h5,8,15,18,21H,4,6-7,9-14,16-17H2,1-3H3. The molecule has 0 unspecified atom stereocenters. The van der Waals surface area contributed by atoms with Crippen LogP contribution in [0, 0.1) is 18.3 Å². The number of piperidine rings is 1. The molecule has 30 heavy (non-hydrogen) atoms. The first-order chi connectivity index (χ1) is 14.4. The second-order valence-electron chi connectivity index (χ2n) is 9.89. The number of hydrogen-bond donors (Lipinski definition) is 0. The van der Waals surface area contributed by atoms with E-state index in [1.807, 2.05) is 17.9 Å². The Bertz CT molecular complexity index is 777. The van der Waals surface area contributed by atoms with Crippen molar-refractivity contribution in [2.24, 2.45) is 11.3 Å². The molecule has 3 fully saturated rings. The number of rotatable bonds is 3. The van der Waals surface area contributed by atoms with Crippen LogP contribution in [0.5, 0.6) is 0 Å². The molecule has 0 atom stereocenters. The molecule has 1 spiro atoms. The number of likely N-dealkylation sites (tertiary alicyclic amines) is 1. The molecule has 2 aliphatic heterocycles. The van der Waals surface area contributed by atoms with E-state index in [0.29, 0.717) is 11.9 Å². The van der Waals surface area contributed by atoms with Crippen molar-refractivity contribution in [2.75, 3.05) is 39.3 Å². The molecule has 4 rings (SSSR count). The summed E-state index contributed by atoms with van der Waals surface area (Å²) in [5.41, 5.74) is 1.89. The molecule has 0 bridgehead atoms. The van der Waals surface area contributed by atoms with Crippen LogP contribution in [-0.2, 0) is 4.79 Å². The number of aromatic nitrogens is 1. The molecule has 1 aromatic rings. The van der Waals surface area contributed by atoms with Crippen molar-refractivity contribution in [1.29, 1.82) is 0 Å². The van der Waals surface area contributed by atoms with Crippen LogP contribution in [0.1, 0.15) is 62.0 Å². The van der Waals surface area contributed by atoms with Gasteiger partial charge in [0, 0.05) is 68.7 Å². The van der Waals surface area contributed by atoms with E-state index in [1.165, 1.54) is 0 Å². The second kappa shape index (κ2) is 8.66. The lowest BCUT2D eigenvalue weighted by atomic mass is 9.57. The maximum Gasteiger partial charge on any atom is 0.253 e. The van der Waals surface area contributed by atoms with Crippen molar-refractivity contribution in [2.45, 2.75) is 58.9 Å². The largest absolute Gasteiger partial charge is 0.341 e. The zero-order chi connectivity index (χ0) is 21.3. The fourth-order valence-electron chi connectivity index (χ4n) is 5.55. The Morgan fingerprint density at radius 2 is 1.77 bits per heavy atom. The molecule has 2 amide bonds. The summed E-state index contributed by atoms with van der Waals surface area (Å²) in [4.78, 5) is 36.6. The Hall–Kier alpha value is -1.95. The lowest BCUT2D eigenvalue weighted by molar-refractivity contribution is -0.145. The predicted octanol–water partition coefficient (Wildman–Crippen LogP) is 2.97. The van der Waals surface area contributed by atoms with Gasteiger partial charge in [0.05, 0.1) is 0 Å². The number of hydrogen-bond acceptors (Lipinski definition) is 4. The normalized spacial score (nSPS) is 22.8. The summed E-state index contributed by atoms with van der Waals surface area (Å²) in [6.45, 7) is 11.8. The highest BCUT2D eigenvalue weighted by Gasteiger charge is 2.49. The average Bonchev–Trinajstić information content (AvgIpc) is 2.97. The molecule has 0 radical (unpaired) electrons. The molecule has 6 nitrogen and oxygen atoms in total. The smallest absolute Gasteiger partial charge is 0.253 e. The van der Waals surface area contributed by atoms with Crippen molar-refractivity contribution in [3.8, 4) is 0 Å². The van der Waals surface area contributed by atoms with Crippen LogP contribution in [0.2, 0.25) is 0 Å². The summed E-state index contributed by atoms with van der Waals surface area (Å²) in [6, 6.07) is 4.22. The Kier molecular flexibility index (Phi) is 6.14. The molecule has 0 aromatic carbocycles. The summed E-state index contributed by atoms with van der Waals surface area (Å²) >= 11 is 0. The van der Waals surface area contributed by atoms with Crippen LogP contribution >= 0.6 is 0 Å². The molecule has 164 valence electrons. The molecule has 3 aliphatic rings. The average molecular weight is 413 g/mol. The molecular weight excluding hydrogens is 376 g/mol. The first-order valence-corrected chi connectivity index (χ1v) is 11.6. The SMILES string of the molecule is Cc1cc(C(=O)N2CCC3(CC2)CC(C(=O)N2CCCN(C(C)C)CC2)C3)ccn1. The van der Waals surface area contributed by atoms with Crippen LogP contribution in [0.15, 0.2) is 18.3 Å². The fourth-order valence-corrected chi connectivity index (χ4v) is 5.55. The first kappa shape index (κ1) is 21.3. The highest BCUT2D eigenvalue weighted by atomic mass is 16.2. The Morgan fingerprint density at radius 3 is 2.43 bits per heavy atom. The van der Waals surface area contributed by atoms with Gasteiger partial charge in [-0.05, 0) is 70.4 Å². The van der Waals surface area contributed by atoms with Gasteiger partial charge in [-0.25, -0.2) is 0 Å². The first-order valence-electron chi connectivity index (χ1n) is 11.6. The third kappa shape index (κ3) is 4.39. The van der Waals surface area contributed by atoms with E-state index in [4.69, 9.17) is 0 Å². The summed E-state index contributed by atoms with van der Waals surface area (Å²) in [6.07, 6.45) is 6.84. The zero-order valence-electron chi connectivity index (χ0n) is 18.8. The van der Waals surface area contributed by atoms with Crippen molar-refractivity contribution in [3.63, 3.8) is 0 Å². The number of pyridine rings is 1. The number of carbonyl (C=O) groups excluding carboxylic acids is 2. The third-order valence-corrected chi connectivity index (χ3v) is 7.54. The van der Waals surface area contributed by atoms with Gasteiger partial charge in [0.15, 0.2) is 0 Å². The maximum absolute atomic E-state index is 13.1. The quantitative estimate of drug-likeness (QED) is 0.766. The predicted molar refractivity (Wildman–Crippen MR) is 117 cm³/mol. The lowest BCUT2D eigenvalue weighted by Gasteiger charge is -2.52. The number of amides is 2. The van der Waals surface area contributed by atoms with Crippen LogP contribution < -0.4 is 0 Å². The molecule has 6 heteroatoms. The summed E-state index contributed by atoms with van der Waals surface area (Å²) < 4.78 is 0. The highest BCUT2D eigenvalue weighted by Crippen LogP contribution is 2.53. The van der Waals surface area contributed by atoms with E-state index in [2.05, 4.69) is 28.6 Å². The molecule has 1 aliphatic carbocycles. The summed E-state index contributed by atoms with van der Waals surface area (Å²) in [5.74, 6) is 0.680. The molecule has 0 N–H and O–H groups in total. The number of carbonyl (C=O) groups is 2. The molecule has 2 saturated heterocycles. The maximum atomic E-state index is 13.1. The minimum atomic E-state index is 0.113. The summed E-state index contributed by atoms with van der Waals surface area (Å²) in [7, 11) is 0. The van der Waals surface area contributed by atoms with Gasteiger partial charge in [0.1, 0.15) is 0 Å². The molecule has 1 aromatic heterocycles. The van der Waals surface area contributed by atoms with Crippen molar-refractivity contribution in [1.82, 2.24) is 19.7 Å². The topological polar surface area (TPSA) is 56.8 Å². The monoisotopic (exact) mass is 412 g/mol. The number of aryl methyl sites for hydroxylation is 1. The van der Waals surface area contributed by atoms with Crippen molar-refractivity contribution < 1.29 is 9.59 Å². The van der Waals surface area contributed by atoms with Gasteiger partial charge < -0.3 is 9.80 Å². The van der Waals surface area contributed by atoms with E-state index >= 15 is 0 Å². The van der Waals surface area contributed by atoms with E-state index in [-0.39, 0.29) is 17.2 Å². The molecule has 3 heterocycles. The third-order valence-electron chi connectivity index (χ3n) is 7.54. The minimum absolute atomic E-state index is 0.113. The van der Waals surface area contributed by atoms with E-state index in [9.17, 15) is 9.59 Å². The van der Waals surface area contributed by atoms with Crippen molar-refractivity contribution >= 4 is 11.8 Å². The van der Waals surface area contributed by atoms with Gasteiger partial charge in [-0.15, -0.1) is 0 Å². The Labute approximate surface area is 180 Å². The van der Waals surface area contributed by atoms with Gasteiger partial charge in [0.2, 0.25) is 5.91 Å². The van der Waals surface area contributed by atoms with Gasteiger partial charge >= 0.3 is 0 Å². The van der Waals surface area contributed by atoms with E-state index < -0.39 is 0 Å². The molecule has 1 saturated carbocycles.